The van der Waals surface area contributed by atoms with Gasteiger partial charge in [-0.05, 0) is 49.9 Å². The number of imide groups is 1. The molecule has 73 heavy (non-hydrogen) atoms. The quantitative estimate of drug-likeness (QED) is 0.00916. The van der Waals surface area contributed by atoms with Crippen LogP contribution in [0.5, 0.6) is 5.75 Å². The summed E-state index contributed by atoms with van der Waals surface area (Å²) < 4.78 is 66.1. The number of hydrazone groups is 1. The first-order valence-electron chi connectivity index (χ1n) is 24.0. The highest BCUT2D eigenvalue weighted by Crippen LogP contribution is 2.37. The molecule has 28 heteroatoms. The molecule has 10 N–H and O–H groups in total. The van der Waals surface area contributed by atoms with Crippen molar-refractivity contribution in [1.29, 1.82) is 0 Å². The molecule has 1 aromatic rings. The molecule has 0 bridgehead atoms. The number of anilines is 1. The Bertz CT molecular complexity index is 1840. The maximum Gasteiger partial charge on any atom is 0.325 e. The standard InChI is InChI=1S/C45H74N7O20P/c46-51-35(3-1-2-12-49-45(59)50-34-4-6-36(7-5-34)71-44-43(58)42(57)41(56)37(72-44)11-32-73(60,61)62)33-47-14-17-64-19-21-66-23-25-68-27-29-70-31-30-69-28-26-67-24-22-65-20-18-63-16-10-38(53)48-13-15-52-39(54)8-9-40(52)55/h4-9,33,37,41-44,56-58H,1-3,10-32,46H2,(H,48,53)(H2,49,50,59)(H2,60,61,62)/t37-,41-,42+,43+,44+/m1/s1. The van der Waals surface area contributed by atoms with Crippen molar-refractivity contribution in [2.24, 2.45) is 15.9 Å². The number of aliphatic hydroxyl groups is 3. The molecule has 5 atom stereocenters. The van der Waals surface area contributed by atoms with Crippen LogP contribution in [0.15, 0.2) is 46.5 Å². The highest BCUT2D eigenvalue weighted by atomic mass is 31.2. The number of ether oxygens (including phenoxy) is 10. The van der Waals surface area contributed by atoms with Crippen LogP contribution in [0.4, 0.5) is 10.5 Å². The summed E-state index contributed by atoms with van der Waals surface area (Å²) >= 11 is 0. The van der Waals surface area contributed by atoms with Crippen molar-refractivity contribution in [1.82, 2.24) is 15.5 Å². The van der Waals surface area contributed by atoms with E-state index in [9.17, 15) is 39.1 Å². The summed E-state index contributed by atoms with van der Waals surface area (Å²) in [5.74, 6) is 4.72. The number of carbonyl (C=O) groups excluding carboxylic acids is 4. The number of unbranched alkanes of at least 4 members (excludes halogenated alkanes) is 1. The predicted octanol–water partition coefficient (Wildman–Crippen LogP) is -1.32. The van der Waals surface area contributed by atoms with Gasteiger partial charge in [-0.3, -0.25) is 28.8 Å². The van der Waals surface area contributed by atoms with Crippen LogP contribution in [-0.2, 0) is 61.6 Å². The number of amides is 5. The van der Waals surface area contributed by atoms with E-state index < -0.39 is 50.5 Å². The molecule has 2 aliphatic rings. The zero-order valence-electron chi connectivity index (χ0n) is 41.0. The third-order valence-corrected chi connectivity index (χ3v) is 11.1. The molecule has 2 heterocycles. The molecule has 2 aliphatic heterocycles. The van der Waals surface area contributed by atoms with Gasteiger partial charge in [-0.25, -0.2) is 4.79 Å². The van der Waals surface area contributed by atoms with E-state index in [0.717, 1.165) is 4.90 Å². The van der Waals surface area contributed by atoms with E-state index >= 15 is 0 Å². The number of benzene rings is 1. The Morgan fingerprint density at radius 2 is 1.21 bits per heavy atom. The third-order valence-electron chi connectivity index (χ3n) is 10.3. The van der Waals surface area contributed by atoms with Crippen LogP contribution in [0, 0.1) is 0 Å². The van der Waals surface area contributed by atoms with Crippen molar-refractivity contribution in [3.8, 4) is 5.75 Å². The van der Waals surface area contributed by atoms with Crippen molar-refractivity contribution in [2.75, 3.05) is 143 Å². The molecule has 414 valence electrons. The van der Waals surface area contributed by atoms with Crippen LogP contribution < -0.4 is 26.5 Å². The number of carbonyl (C=O) groups is 4. The number of hydrogen-bond acceptors (Lipinski definition) is 21. The lowest BCUT2D eigenvalue weighted by molar-refractivity contribution is -0.272. The monoisotopic (exact) mass is 1060 g/mol. The van der Waals surface area contributed by atoms with Crippen molar-refractivity contribution in [2.45, 2.75) is 62.8 Å². The fraction of sp³-hybridized carbons (Fsp3) is 0.689. The Morgan fingerprint density at radius 1 is 0.685 bits per heavy atom. The third kappa shape index (κ3) is 29.2. The van der Waals surface area contributed by atoms with Crippen LogP contribution in [0.25, 0.3) is 0 Å². The molecular weight excluding hydrogens is 989 g/mol. The molecule has 3 rings (SSSR count). The first kappa shape index (κ1) is 62.7. The minimum Gasteiger partial charge on any atom is -0.462 e. The first-order chi connectivity index (χ1) is 35.3. The summed E-state index contributed by atoms with van der Waals surface area (Å²) in [5, 5.41) is 42.5. The van der Waals surface area contributed by atoms with Gasteiger partial charge in [-0.1, -0.05) is 0 Å². The van der Waals surface area contributed by atoms with Crippen molar-refractivity contribution < 1.29 is 96.2 Å². The number of aliphatic hydroxyl groups excluding tert-OH is 3. The number of nitrogens with zero attached hydrogens (tertiary/aromatic N) is 3. The molecule has 0 spiro atoms. The van der Waals surface area contributed by atoms with E-state index in [4.69, 9.17) is 63.0 Å². The zero-order chi connectivity index (χ0) is 52.9. The molecule has 1 fully saturated rings. The average Bonchev–Trinajstić information content (AvgIpc) is 3.69. The Labute approximate surface area is 424 Å². The van der Waals surface area contributed by atoms with Gasteiger partial charge in [0.15, 0.2) is 0 Å². The van der Waals surface area contributed by atoms with E-state index in [2.05, 4.69) is 26.0 Å². The Balaban J connectivity index is 1.02. The van der Waals surface area contributed by atoms with E-state index in [1.165, 1.54) is 36.4 Å². The molecule has 0 saturated carbocycles. The van der Waals surface area contributed by atoms with Crippen molar-refractivity contribution >= 4 is 49.0 Å². The molecule has 0 radical (unpaired) electrons. The molecular formula is C45H74N7O20P. The molecule has 0 unspecified atom stereocenters. The number of aliphatic imine (C=N–C) groups is 1. The number of nitrogens with two attached hydrogens (primary N) is 1. The second kappa shape index (κ2) is 38.1. The Morgan fingerprint density at radius 3 is 1.73 bits per heavy atom. The lowest BCUT2D eigenvalue weighted by Crippen LogP contribution is -2.59. The van der Waals surface area contributed by atoms with Crippen LogP contribution in [-0.4, -0.2) is 234 Å². The Kier molecular flexibility index (Phi) is 32.7. The van der Waals surface area contributed by atoms with Crippen LogP contribution in [0.3, 0.4) is 0 Å². The largest absolute Gasteiger partial charge is 0.462 e. The van der Waals surface area contributed by atoms with E-state index in [1.54, 1.807) is 6.21 Å². The summed E-state index contributed by atoms with van der Waals surface area (Å²) in [7, 11) is -4.39. The second-order valence-electron chi connectivity index (χ2n) is 16.0. The van der Waals surface area contributed by atoms with E-state index in [1.807, 2.05) is 0 Å². The molecule has 1 saturated heterocycles. The number of nitrogens with one attached hydrogen (secondary N) is 3. The lowest BCUT2D eigenvalue weighted by atomic mass is 9.97. The molecule has 0 aliphatic carbocycles. The zero-order valence-corrected chi connectivity index (χ0v) is 41.9. The van der Waals surface area contributed by atoms with Crippen LogP contribution >= 0.6 is 7.60 Å². The van der Waals surface area contributed by atoms with Gasteiger partial charge in [0.2, 0.25) is 12.2 Å². The van der Waals surface area contributed by atoms with Gasteiger partial charge < -0.3 is 94.3 Å². The van der Waals surface area contributed by atoms with Crippen LogP contribution in [0.1, 0.15) is 32.1 Å². The summed E-state index contributed by atoms with van der Waals surface area (Å²) in [6.07, 6.45) is -2.28. The van der Waals surface area contributed by atoms with Crippen LogP contribution in [0.2, 0.25) is 0 Å². The fourth-order valence-corrected chi connectivity index (χ4v) is 7.00. The summed E-state index contributed by atoms with van der Waals surface area (Å²) in [6, 6.07) is 5.61. The summed E-state index contributed by atoms with van der Waals surface area (Å²) in [5.41, 5.74) is 1.04. The number of urea groups is 1. The highest BCUT2D eigenvalue weighted by molar-refractivity contribution is 7.51. The molecule has 0 aromatic heterocycles. The summed E-state index contributed by atoms with van der Waals surface area (Å²) in [6.45, 7) is 7.46. The average molecular weight is 1060 g/mol. The normalized spacial score (nSPS) is 19.3. The molecule has 5 amide bonds. The first-order valence-corrected chi connectivity index (χ1v) is 25.8. The van der Waals surface area contributed by atoms with Gasteiger partial charge in [0.05, 0.1) is 130 Å². The molecule has 27 nitrogen and oxygen atoms in total. The van der Waals surface area contributed by atoms with Crippen molar-refractivity contribution in [3.63, 3.8) is 0 Å². The topological polar surface area (TPSA) is 369 Å². The van der Waals surface area contributed by atoms with Gasteiger partial charge in [0.1, 0.15) is 24.1 Å². The maximum atomic E-state index is 12.4. The Hall–Kier alpha value is -4.55. The SMILES string of the molecule is NN=C(C=NCCOCCOCCOCCOCCOCCOCCOCCOCCC(=O)NCCN1C(=O)C=CC1=O)CCCCNC(=O)Nc1ccc(O[C@H]2O[C@H](CCP(=O)(O)O)[C@@H](O)[C@H](O)[C@@H]2O)cc1. The summed E-state index contributed by atoms with van der Waals surface area (Å²) in [4.78, 5) is 70.8. The highest BCUT2D eigenvalue weighted by Gasteiger charge is 2.45. The van der Waals surface area contributed by atoms with Gasteiger partial charge in [0.25, 0.3) is 11.8 Å². The van der Waals surface area contributed by atoms with Crippen molar-refractivity contribution in [3.05, 3.63) is 36.4 Å². The maximum absolute atomic E-state index is 12.4. The number of rotatable bonds is 42. The smallest absolute Gasteiger partial charge is 0.325 e. The van der Waals surface area contributed by atoms with Gasteiger partial charge in [-0.15, -0.1) is 0 Å². The second-order valence-corrected chi connectivity index (χ2v) is 17.8. The number of hydrogen-bond donors (Lipinski definition) is 9. The fourth-order valence-electron chi connectivity index (χ4n) is 6.41. The van der Waals surface area contributed by atoms with E-state index in [0.29, 0.717) is 143 Å². The van der Waals surface area contributed by atoms with E-state index in [-0.39, 0.29) is 56.0 Å². The predicted molar refractivity (Wildman–Crippen MR) is 261 cm³/mol. The minimum atomic E-state index is -4.39. The minimum absolute atomic E-state index is 0.127. The van der Waals surface area contributed by atoms with Gasteiger partial charge >= 0.3 is 13.6 Å². The van der Waals surface area contributed by atoms with Gasteiger partial charge in [-0.2, -0.15) is 5.10 Å². The molecule has 1 aromatic carbocycles. The van der Waals surface area contributed by atoms with Gasteiger partial charge in [0, 0.05) is 50.1 Å². The lowest BCUT2D eigenvalue weighted by Gasteiger charge is -2.40.